The molecule has 230 valence electrons. The molecule has 0 saturated heterocycles. The summed E-state index contributed by atoms with van der Waals surface area (Å²) in [7, 11) is -8.23. The van der Waals surface area contributed by atoms with E-state index in [0.717, 1.165) is 0 Å². The Bertz CT molecular complexity index is 947. The van der Waals surface area contributed by atoms with Gasteiger partial charge in [-0.05, 0) is 11.6 Å². The molecule has 0 heterocycles. The maximum atomic E-state index is 13.5. The van der Waals surface area contributed by atoms with Gasteiger partial charge in [0.05, 0.1) is 0 Å². The second kappa shape index (κ2) is 8.70. The SMILES string of the molecule is O=P(O)(O)C(F)(F)C(F)(F)C(F)(F)C(F)(F)C(F)(F)C(F)(F)C(F)(F)C(F)(F)C(F)(F)C(F)(F)C(F)(F)Cl. The Kier molecular flexibility index (Phi) is 8.45. The number of rotatable bonds is 11. The third-order valence-corrected chi connectivity index (χ3v) is 5.50. The fourth-order valence-electron chi connectivity index (χ4n) is 1.93. The molecule has 0 aliphatic rings. The molecule has 0 bridgehead atoms. The molecular formula is C11H2ClF22O3P. The lowest BCUT2D eigenvalue weighted by atomic mass is 9.86. The highest BCUT2D eigenvalue weighted by atomic mass is 35.5. The fraction of sp³-hybridized carbons (Fsp3) is 1.00. The summed E-state index contributed by atoms with van der Waals surface area (Å²) in [6.07, 6.45) is 0. The van der Waals surface area contributed by atoms with Gasteiger partial charge in [0.1, 0.15) is 0 Å². The molecule has 2 N–H and O–H groups in total. The van der Waals surface area contributed by atoms with Gasteiger partial charge in [-0.25, -0.2) is 0 Å². The Morgan fingerprint density at radius 2 is 0.526 bits per heavy atom. The Morgan fingerprint density at radius 3 is 0.684 bits per heavy atom. The van der Waals surface area contributed by atoms with Crippen molar-refractivity contribution in [1.82, 2.24) is 0 Å². The van der Waals surface area contributed by atoms with Crippen LogP contribution in [0, 0.1) is 0 Å². The zero-order valence-electron chi connectivity index (χ0n) is 15.9. The molecule has 0 aromatic rings. The van der Waals surface area contributed by atoms with Crippen molar-refractivity contribution >= 4 is 19.2 Å². The Labute approximate surface area is 195 Å². The normalized spacial score (nSPS) is 17.2. The molecule has 0 atom stereocenters. The number of hydrogen-bond donors (Lipinski definition) is 2. The minimum absolute atomic E-state index is 3.22. The van der Waals surface area contributed by atoms with Crippen molar-refractivity contribution < 1.29 is 111 Å². The van der Waals surface area contributed by atoms with Crippen molar-refractivity contribution in [3.63, 3.8) is 0 Å². The van der Waals surface area contributed by atoms with Gasteiger partial charge in [-0.3, -0.25) is 4.57 Å². The van der Waals surface area contributed by atoms with E-state index in [0.29, 0.717) is 0 Å². The molecule has 0 saturated carbocycles. The summed E-state index contributed by atoms with van der Waals surface area (Å²) < 4.78 is 300. The summed E-state index contributed by atoms with van der Waals surface area (Å²) in [6.45, 7) is 0. The number of alkyl halides is 23. The largest absolute Gasteiger partial charge is 0.413 e. The first kappa shape index (κ1) is 36.9. The molecule has 0 aliphatic carbocycles. The van der Waals surface area contributed by atoms with E-state index in [1.165, 1.54) is 0 Å². The number of hydrogen-bond acceptors (Lipinski definition) is 1. The van der Waals surface area contributed by atoms with Crippen LogP contribution >= 0.6 is 19.2 Å². The molecule has 38 heavy (non-hydrogen) atoms. The average Bonchev–Trinajstić information content (AvgIpc) is 2.64. The first-order valence-electron chi connectivity index (χ1n) is 7.65. The lowest BCUT2D eigenvalue weighted by Crippen LogP contribution is -2.77. The molecule has 0 unspecified atom stereocenters. The Morgan fingerprint density at radius 1 is 0.368 bits per heavy atom. The van der Waals surface area contributed by atoms with Crippen molar-refractivity contribution in [2.24, 2.45) is 0 Å². The van der Waals surface area contributed by atoms with Crippen LogP contribution in [0.25, 0.3) is 0 Å². The molecule has 0 aromatic carbocycles. The fourth-order valence-corrected chi connectivity index (χ4v) is 2.55. The van der Waals surface area contributed by atoms with Crippen LogP contribution < -0.4 is 0 Å². The Hall–Kier alpha value is -1.10. The highest BCUT2D eigenvalue weighted by Crippen LogP contribution is 2.70. The van der Waals surface area contributed by atoms with E-state index >= 15 is 0 Å². The van der Waals surface area contributed by atoms with Crippen LogP contribution in [-0.2, 0) is 4.57 Å². The topological polar surface area (TPSA) is 57.5 Å². The molecule has 0 aliphatic heterocycles. The molecule has 3 nitrogen and oxygen atoms in total. The van der Waals surface area contributed by atoms with Crippen LogP contribution in [-0.4, -0.2) is 74.1 Å². The van der Waals surface area contributed by atoms with Gasteiger partial charge in [-0.2, -0.15) is 96.6 Å². The number of halogens is 23. The smallest absolute Gasteiger partial charge is 0.320 e. The summed E-state index contributed by atoms with van der Waals surface area (Å²) in [5.41, 5.74) is -7.98. The van der Waals surface area contributed by atoms with Crippen LogP contribution in [0.5, 0.6) is 0 Å². The van der Waals surface area contributed by atoms with Gasteiger partial charge >= 0.3 is 71.9 Å². The van der Waals surface area contributed by atoms with Gasteiger partial charge in [-0.1, -0.05) is 0 Å². The van der Waals surface area contributed by atoms with Gasteiger partial charge in [0, 0.05) is 0 Å². The van der Waals surface area contributed by atoms with Gasteiger partial charge in [0.15, 0.2) is 0 Å². The van der Waals surface area contributed by atoms with Crippen molar-refractivity contribution in [2.75, 3.05) is 0 Å². The van der Waals surface area contributed by atoms with Crippen LogP contribution in [0.15, 0.2) is 0 Å². The van der Waals surface area contributed by atoms with Crippen molar-refractivity contribution in [1.29, 1.82) is 0 Å². The van der Waals surface area contributed by atoms with Crippen LogP contribution in [0.2, 0.25) is 0 Å². The molecule has 0 amide bonds. The van der Waals surface area contributed by atoms with E-state index < -0.39 is 71.9 Å². The summed E-state index contributed by atoms with van der Waals surface area (Å²) >= 11 is 3.22. The van der Waals surface area contributed by atoms with Gasteiger partial charge in [-0.15, -0.1) is 0 Å². The van der Waals surface area contributed by atoms with E-state index in [2.05, 4.69) is 11.6 Å². The van der Waals surface area contributed by atoms with Crippen molar-refractivity contribution in [3.05, 3.63) is 0 Å². The minimum Gasteiger partial charge on any atom is -0.320 e. The first-order valence-corrected chi connectivity index (χ1v) is 9.64. The van der Waals surface area contributed by atoms with Crippen LogP contribution in [0.3, 0.4) is 0 Å². The van der Waals surface area contributed by atoms with Crippen molar-refractivity contribution in [2.45, 2.75) is 64.3 Å². The van der Waals surface area contributed by atoms with Crippen molar-refractivity contribution in [3.8, 4) is 0 Å². The average molecular weight is 667 g/mol. The second-order valence-electron chi connectivity index (χ2n) is 6.75. The summed E-state index contributed by atoms with van der Waals surface area (Å²) in [6, 6.07) is 0. The quantitative estimate of drug-likeness (QED) is 0.138. The maximum absolute atomic E-state index is 13.5. The van der Waals surface area contributed by atoms with E-state index in [1.807, 2.05) is 0 Å². The minimum atomic E-state index is -9.48. The zero-order chi connectivity index (χ0) is 32.0. The molecule has 0 aromatic heterocycles. The summed E-state index contributed by atoms with van der Waals surface area (Å²) in [5, 5.41) is -7.18. The Balaban J connectivity index is 7.31. The standard InChI is InChI=1S/C11H2ClF22O3P/c12-10(31,32)8(27,28)6(23,24)4(19,20)2(15,16)1(13,14)3(17,18)5(21,22)7(25,26)9(29,30)11(33,34)38(35,36)37/h(H2,35,36,37). The lowest BCUT2D eigenvalue weighted by molar-refractivity contribution is -0.470. The van der Waals surface area contributed by atoms with E-state index in [9.17, 15) is 101 Å². The van der Waals surface area contributed by atoms with Crippen LogP contribution in [0.1, 0.15) is 0 Å². The third-order valence-electron chi connectivity index (χ3n) is 4.25. The highest BCUT2D eigenvalue weighted by Gasteiger charge is 2.99. The first-order chi connectivity index (χ1) is 15.8. The van der Waals surface area contributed by atoms with E-state index in [4.69, 9.17) is 9.79 Å². The van der Waals surface area contributed by atoms with E-state index in [-0.39, 0.29) is 0 Å². The van der Waals surface area contributed by atoms with Gasteiger partial charge in [0.25, 0.3) is 0 Å². The van der Waals surface area contributed by atoms with Gasteiger partial charge < -0.3 is 9.79 Å². The molecular weight excluding hydrogens is 665 g/mol. The third kappa shape index (κ3) is 4.18. The predicted octanol–water partition coefficient (Wildman–Crippen LogP) is 7.31. The molecule has 0 spiro atoms. The maximum Gasteiger partial charge on any atom is 0.413 e. The summed E-state index contributed by atoms with van der Waals surface area (Å²) in [4.78, 5) is 15.7. The van der Waals surface area contributed by atoms with Gasteiger partial charge in [0.2, 0.25) is 0 Å². The highest BCUT2D eigenvalue weighted by molar-refractivity contribution is 7.53. The summed E-state index contributed by atoms with van der Waals surface area (Å²) in [5.74, 6) is -81.7. The second-order valence-corrected chi connectivity index (χ2v) is 8.88. The zero-order valence-corrected chi connectivity index (χ0v) is 17.6. The van der Waals surface area contributed by atoms with Crippen LogP contribution in [0.4, 0.5) is 96.6 Å². The lowest BCUT2D eigenvalue weighted by Gasteiger charge is -2.45. The molecule has 0 radical (unpaired) electrons. The molecule has 0 fully saturated rings. The monoisotopic (exact) mass is 666 g/mol. The molecule has 0 rings (SSSR count). The van der Waals surface area contributed by atoms with E-state index in [1.54, 1.807) is 0 Å². The predicted molar refractivity (Wildman–Crippen MR) is 72.3 cm³/mol. The molecule has 27 heteroatoms.